The zero-order valence-electron chi connectivity index (χ0n) is 13.7. The average molecular weight is 350 g/mol. The lowest BCUT2D eigenvalue weighted by atomic mass is 10.1. The monoisotopic (exact) mass is 350 g/mol. The van der Waals surface area contributed by atoms with Crippen LogP contribution in [0.15, 0.2) is 57.7 Å². The van der Waals surface area contributed by atoms with Gasteiger partial charge in [-0.2, -0.15) is 0 Å². The normalized spacial score (nSPS) is 11.1. The number of rotatable bonds is 2. The number of carbonyl (C=O) groups is 1. The van der Waals surface area contributed by atoms with Crippen LogP contribution < -0.4 is 5.63 Å². The summed E-state index contributed by atoms with van der Waals surface area (Å²) in [6.07, 6.45) is 0. The molecule has 0 spiro atoms. The number of aryl methyl sites for hydroxylation is 1. The summed E-state index contributed by atoms with van der Waals surface area (Å²) in [5.74, 6) is -0.370. The standard InChI is InChI=1S/C20H14O4S/c1-11-3-8-16-14(9-11)18-15(20(22)24-16)10-17(25-18)12-4-6-13(7-5-12)19(21)23-2/h3-10H,1-2H3. The van der Waals surface area contributed by atoms with Gasteiger partial charge in [-0.3, -0.25) is 0 Å². The Balaban J connectivity index is 1.90. The van der Waals surface area contributed by atoms with Crippen molar-refractivity contribution in [3.8, 4) is 10.4 Å². The first-order valence-corrected chi connectivity index (χ1v) is 8.54. The molecule has 0 saturated heterocycles. The number of benzene rings is 2. The van der Waals surface area contributed by atoms with Crippen molar-refractivity contribution in [1.82, 2.24) is 0 Å². The molecule has 0 unspecified atom stereocenters. The number of methoxy groups -OCH3 is 1. The second-order valence-electron chi connectivity index (χ2n) is 5.81. The first kappa shape index (κ1) is 15.6. The number of carbonyl (C=O) groups excluding carboxylic acids is 1. The molecule has 4 rings (SSSR count). The Kier molecular flexibility index (Phi) is 3.66. The van der Waals surface area contributed by atoms with E-state index in [1.807, 2.05) is 43.3 Å². The highest BCUT2D eigenvalue weighted by Crippen LogP contribution is 2.36. The van der Waals surface area contributed by atoms with Crippen LogP contribution in [0.4, 0.5) is 0 Å². The van der Waals surface area contributed by atoms with Crippen molar-refractivity contribution in [2.45, 2.75) is 6.92 Å². The van der Waals surface area contributed by atoms with Gasteiger partial charge in [0.1, 0.15) is 5.58 Å². The quantitative estimate of drug-likeness (QED) is 0.386. The molecule has 4 aromatic rings. The third-order valence-electron chi connectivity index (χ3n) is 4.12. The van der Waals surface area contributed by atoms with Crippen LogP contribution in [0.1, 0.15) is 15.9 Å². The molecule has 0 amide bonds. The van der Waals surface area contributed by atoms with Gasteiger partial charge in [-0.1, -0.05) is 23.8 Å². The van der Waals surface area contributed by atoms with Gasteiger partial charge in [0.25, 0.3) is 0 Å². The predicted molar refractivity (Wildman–Crippen MR) is 99.4 cm³/mol. The summed E-state index contributed by atoms with van der Waals surface area (Å²) in [5.41, 5.74) is 2.81. The second-order valence-corrected chi connectivity index (χ2v) is 6.86. The molecule has 2 aromatic heterocycles. The summed E-state index contributed by atoms with van der Waals surface area (Å²) < 4.78 is 11.1. The highest BCUT2D eigenvalue weighted by Gasteiger charge is 2.13. The molecule has 0 radical (unpaired) electrons. The molecular weight excluding hydrogens is 336 g/mol. The van der Waals surface area contributed by atoms with Crippen LogP contribution in [0.3, 0.4) is 0 Å². The molecule has 0 atom stereocenters. The molecule has 0 aliphatic carbocycles. The van der Waals surface area contributed by atoms with Gasteiger partial charge < -0.3 is 9.15 Å². The molecule has 25 heavy (non-hydrogen) atoms. The average Bonchev–Trinajstić information content (AvgIpc) is 3.08. The van der Waals surface area contributed by atoms with Gasteiger partial charge in [0.2, 0.25) is 0 Å². The van der Waals surface area contributed by atoms with E-state index in [2.05, 4.69) is 0 Å². The fraction of sp³-hybridized carbons (Fsp3) is 0.100. The van der Waals surface area contributed by atoms with Crippen LogP contribution in [0.25, 0.3) is 31.5 Å². The van der Waals surface area contributed by atoms with Crippen molar-refractivity contribution in [2.75, 3.05) is 7.11 Å². The molecule has 124 valence electrons. The Morgan fingerprint density at radius 2 is 1.80 bits per heavy atom. The maximum Gasteiger partial charge on any atom is 0.345 e. The van der Waals surface area contributed by atoms with E-state index in [1.54, 1.807) is 23.5 Å². The van der Waals surface area contributed by atoms with Gasteiger partial charge >= 0.3 is 11.6 Å². The Morgan fingerprint density at radius 3 is 2.52 bits per heavy atom. The van der Waals surface area contributed by atoms with E-state index in [4.69, 9.17) is 9.15 Å². The van der Waals surface area contributed by atoms with Gasteiger partial charge in [0, 0.05) is 10.3 Å². The lowest BCUT2D eigenvalue weighted by Crippen LogP contribution is -2.00. The van der Waals surface area contributed by atoms with Crippen LogP contribution in [0.5, 0.6) is 0 Å². The summed E-state index contributed by atoms with van der Waals surface area (Å²) >= 11 is 1.55. The number of hydrogen-bond acceptors (Lipinski definition) is 5. The summed E-state index contributed by atoms with van der Waals surface area (Å²) in [6.45, 7) is 2.01. The lowest BCUT2D eigenvalue weighted by Gasteiger charge is -2.01. The largest absolute Gasteiger partial charge is 0.465 e. The Bertz CT molecular complexity index is 1170. The first-order chi connectivity index (χ1) is 12.1. The maximum absolute atomic E-state index is 12.3. The van der Waals surface area contributed by atoms with E-state index in [0.29, 0.717) is 16.5 Å². The van der Waals surface area contributed by atoms with Crippen molar-refractivity contribution < 1.29 is 13.9 Å². The van der Waals surface area contributed by atoms with E-state index < -0.39 is 0 Å². The number of fused-ring (bicyclic) bond motifs is 3. The van der Waals surface area contributed by atoms with Gasteiger partial charge in [0.05, 0.1) is 22.8 Å². The minimum atomic E-state index is -0.370. The molecule has 0 fully saturated rings. The van der Waals surface area contributed by atoms with E-state index in [0.717, 1.165) is 26.1 Å². The van der Waals surface area contributed by atoms with E-state index in [9.17, 15) is 9.59 Å². The van der Waals surface area contributed by atoms with Crippen molar-refractivity contribution in [3.63, 3.8) is 0 Å². The zero-order chi connectivity index (χ0) is 17.6. The number of hydrogen-bond donors (Lipinski definition) is 0. The predicted octanol–water partition coefficient (Wildman–Crippen LogP) is 4.77. The lowest BCUT2D eigenvalue weighted by molar-refractivity contribution is 0.0601. The highest BCUT2D eigenvalue weighted by atomic mass is 32.1. The molecule has 4 nitrogen and oxygen atoms in total. The fourth-order valence-corrected chi connectivity index (χ4v) is 4.01. The van der Waals surface area contributed by atoms with Crippen LogP contribution in [-0.4, -0.2) is 13.1 Å². The topological polar surface area (TPSA) is 56.5 Å². The zero-order valence-corrected chi connectivity index (χ0v) is 14.5. The van der Waals surface area contributed by atoms with Crippen LogP contribution in [-0.2, 0) is 4.74 Å². The van der Waals surface area contributed by atoms with Gasteiger partial charge in [-0.25, -0.2) is 9.59 Å². The van der Waals surface area contributed by atoms with Gasteiger partial charge in [-0.05, 0) is 42.8 Å². The van der Waals surface area contributed by atoms with E-state index in [-0.39, 0.29) is 11.6 Å². The summed E-state index contributed by atoms with van der Waals surface area (Å²) in [5, 5.41) is 1.52. The molecular formula is C20H14O4S. The highest BCUT2D eigenvalue weighted by molar-refractivity contribution is 7.23. The smallest absolute Gasteiger partial charge is 0.345 e. The minimum absolute atomic E-state index is 0.333. The third-order valence-corrected chi connectivity index (χ3v) is 5.34. The van der Waals surface area contributed by atoms with Crippen LogP contribution in [0, 0.1) is 6.92 Å². The molecule has 0 aliphatic rings. The molecule has 0 saturated carbocycles. The van der Waals surface area contributed by atoms with Gasteiger partial charge in [-0.15, -0.1) is 11.3 Å². The molecule has 2 heterocycles. The first-order valence-electron chi connectivity index (χ1n) is 7.72. The van der Waals surface area contributed by atoms with Crippen molar-refractivity contribution >= 4 is 38.4 Å². The number of thiophene rings is 1. The van der Waals surface area contributed by atoms with Crippen molar-refractivity contribution in [2.24, 2.45) is 0 Å². The molecule has 2 aromatic carbocycles. The third kappa shape index (κ3) is 2.62. The summed E-state index contributed by atoms with van der Waals surface area (Å²) in [4.78, 5) is 24.8. The second kappa shape index (κ2) is 5.86. The van der Waals surface area contributed by atoms with Crippen molar-refractivity contribution in [1.29, 1.82) is 0 Å². The molecule has 0 N–H and O–H groups in total. The molecule has 5 heteroatoms. The fourth-order valence-electron chi connectivity index (χ4n) is 2.84. The van der Waals surface area contributed by atoms with Crippen LogP contribution >= 0.6 is 11.3 Å². The number of ether oxygens (including phenoxy) is 1. The Labute approximate surface area is 147 Å². The van der Waals surface area contributed by atoms with E-state index in [1.165, 1.54) is 7.11 Å². The maximum atomic E-state index is 12.3. The van der Waals surface area contributed by atoms with Crippen LogP contribution in [0.2, 0.25) is 0 Å². The summed E-state index contributed by atoms with van der Waals surface area (Å²) in [6, 6.07) is 14.8. The van der Waals surface area contributed by atoms with Gasteiger partial charge in [0.15, 0.2) is 0 Å². The van der Waals surface area contributed by atoms with Crippen molar-refractivity contribution in [3.05, 3.63) is 70.1 Å². The van der Waals surface area contributed by atoms with E-state index >= 15 is 0 Å². The minimum Gasteiger partial charge on any atom is -0.465 e. The molecule has 0 aliphatic heterocycles. The summed E-state index contributed by atoms with van der Waals surface area (Å²) in [7, 11) is 1.36. The number of esters is 1. The SMILES string of the molecule is COC(=O)c1ccc(-c2cc3c(=O)oc4ccc(C)cc4c3s2)cc1. The molecule has 0 bridgehead atoms. The Morgan fingerprint density at radius 1 is 1.04 bits per heavy atom. The Hall–Kier alpha value is -2.92.